The van der Waals surface area contributed by atoms with Gasteiger partial charge in [0.15, 0.2) is 0 Å². The summed E-state index contributed by atoms with van der Waals surface area (Å²) in [4.78, 5) is 9.79. The molecule has 2 nitrogen and oxygen atoms in total. The van der Waals surface area contributed by atoms with Crippen molar-refractivity contribution in [1.29, 1.82) is 0 Å². The van der Waals surface area contributed by atoms with E-state index in [1.807, 2.05) is 6.41 Å². The second-order valence-electron chi connectivity index (χ2n) is 1.38. The summed E-state index contributed by atoms with van der Waals surface area (Å²) in [6.45, 7) is 0.883. The van der Waals surface area contributed by atoms with Crippen LogP contribution in [0.5, 0.6) is 0 Å². The molecule has 7 heavy (non-hydrogen) atoms. The van der Waals surface area contributed by atoms with Crippen LogP contribution < -0.4 is 0 Å². The van der Waals surface area contributed by atoms with Gasteiger partial charge in [0, 0.05) is 12.3 Å². The van der Waals surface area contributed by atoms with Gasteiger partial charge in [0.25, 0.3) is 0 Å². The molecule has 0 aromatic carbocycles. The van der Waals surface area contributed by atoms with Gasteiger partial charge in [0.2, 0.25) is 0 Å². The zero-order chi connectivity index (χ0) is 5.11. The second-order valence-corrected chi connectivity index (χ2v) is 2.49. The van der Waals surface area contributed by atoms with E-state index in [0.717, 1.165) is 18.7 Å². The van der Waals surface area contributed by atoms with Crippen molar-refractivity contribution >= 4 is 18.4 Å². The maximum Gasteiger partial charge on any atom is 0.322 e. The first-order valence-electron chi connectivity index (χ1n) is 2.22. The van der Waals surface area contributed by atoms with Gasteiger partial charge in [-0.3, -0.25) is 9.10 Å². The Kier molecular flexibility index (Phi) is 1.57. The summed E-state index contributed by atoms with van der Waals surface area (Å²) in [7, 11) is 0. The highest BCUT2D eigenvalue weighted by molar-refractivity contribution is 7.97. The molecule has 3 heteroatoms. The highest BCUT2D eigenvalue weighted by Crippen LogP contribution is 2.16. The average molecular weight is 116 g/mol. The smallest absolute Gasteiger partial charge is 0.278 e. The van der Waals surface area contributed by atoms with Gasteiger partial charge in [-0.05, 0) is 18.4 Å². The lowest BCUT2D eigenvalue weighted by Crippen LogP contribution is -2.06. The van der Waals surface area contributed by atoms with Crippen LogP contribution in [0, 0.1) is 0 Å². The van der Waals surface area contributed by atoms with Crippen LogP contribution >= 0.6 is 11.9 Å². The van der Waals surface area contributed by atoms with Gasteiger partial charge in [-0.1, -0.05) is 0 Å². The standard InChI is InChI=1S/C4H6NOS/c6-4-5-2-1-3-7-5/h1-3H2. The predicted molar refractivity (Wildman–Crippen MR) is 29.5 cm³/mol. The third kappa shape index (κ3) is 1.09. The molecule has 1 aliphatic rings. The molecule has 0 saturated carbocycles. The Hall–Kier alpha value is -0.180. The molecule has 1 amide bonds. The normalized spacial score (nSPS) is 20.3. The predicted octanol–water partition coefficient (Wildman–Crippen LogP) is 0.407. The summed E-state index contributed by atoms with van der Waals surface area (Å²) in [5.74, 6) is 1.08. The van der Waals surface area contributed by atoms with Crippen molar-refractivity contribution in [3.8, 4) is 0 Å². The monoisotopic (exact) mass is 116 g/mol. The number of hydrogen-bond donors (Lipinski definition) is 0. The van der Waals surface area contributed by atoms with Gasteiger partial charge in [0.1, 0.15) is 0 Å². The van der Waals surface area contributed by atoms with Crippen LogP contribution in [-0.4, -0.2) is 23.0 Å². The Morgan fingerprint density at radius 2 is 2.57 bits per heavy atom. The van der Waals surface area contributed by atoms with E-state index in [-0.39, 0.29) is 0 Å². The van der Waals surface area contributed by atoms with Crippen LogP contribution in [0.25, 0.3) is 0 Å². The van der Waals surface area contributed by atoms with E-state index in [0.29, 0.717) is 0 Å². The molecule has 39 valence electrons. The van der Waals surface area contributed by atoms with E-state index in [9.17, 15) is 4.79 Å². The van der Waals surface area contributed by atoms with Crippen molar-refractivity contribution in [1.82, 2.24) is 4.31 Å². The maximum absolute atomic E-state index is 9.79. The number of amides is 1. The molecule has 1 radical (unpaired) electrons. The van der Waals surface area contributed by atoms with Crippen molar-refractivity contribution in [2.24, 2.45) is 0 Å². The fourth-order valence-electron chi connectivity index (χ4n) is 0.519. The first-order chi connectivity index (χ1) is 3.43. The van der Waals surface area contributed by atoms with Gasteiger partial charge >= 0.3 is 6.41 Å². The fourth-order valence-corrected chi connectivity index (χ4v) is 1.31. The molecule has 0 aromatic heterocycles. The minimum Gasteiger partial charge on any atom is -0.278 e. The molecule has 1 heterocycles. The summed E-state index contributed by atoms with van der Waals surface area (Å²) < 4.78 is 1.60. The van der Waals surface area contributed by atoms with Crippen LogP contribution in [0.2, 0.25) is 0 Å². The Morgan fingerprint density at radius 1 is 1.71 bits per heavy atom. The molecule has 1 aliphatic heterocycles. The van der Waals surface area contributed by atoms with Crippen molar-refractivity contribution in [3.05, 3.63) is 0 Å². The number of nitrogens with zero attached hydrogens (tertiary/aromatic N) is 1. The lowest BCUT2D eigenvalue weighted by molar-refractivity contribution is 0.510. The molecule has 0 spiro atoms. The van der Waals surface area contributed by atoms with E-state index in [4.69, 9.17) is 0 Å². The summed E-state index contributed by atoms with van der Waals surface area (Å²) in [6, 6.07) is 0. The summed E-state index contributed by atoms with van der Waals surface area (Å²) in [5.41, 5.74) is 0. The minimum absolute atomic E-state index is 0.883. The van der Waals surface area contributed by atoms with Gasteiger partial charge in [-0.2, -0.15) is 0 Å². The summed E-state index contributed by atoms with van der Waals surface area (Å²) in [6.07, 6.45) is 2.94. The van der Waals surface area contributed by atoms with E-state index in [1.54, 1.807) is 16.3 Å². The van der Waals surface area contributed by atoms with Crippen LogP contribution in [0.4, 0.5) is 0 Å². The molecule has 1 fully saturated rings. The van der Waals surface area contributed by atoms with Crippen molar-refractivity contribution in [3.63, 3.8) is 0 Å². The van der Waals surface area contributed by atoms with Crippen LogP contribution in [0.15, 0.2) is 0 Å². The van der Waals surface area contributed by atoms with Crippen LogP contribution in [0.1, 0.15) is 6.42 Å². The highest BCUT2D eigenvalue weighted by atomic mass is 32.2. The Morgan fingerprint density at radius 3 is 2.86 bits per heavy atom. The molecule has 0 N–H and O–H groups in total. The van der Waals surface area contributed by atoms with Crippen molar-refractivity contribution < 1.29 is 4.79 Å². The lowest BCUT2D eigenvalue weighted by atomic mass is 10.5. The molecule has 0 bridgehead atoms. The maximum atomic E-state index is 9.79. The molecule has 1 rings (SSSR count). The molecule has 0 atom stereocenters. The van der Waals surface area contributed by atoms with E-state index in [1.165, 1.54) is 0 Å². The first-order valence-corrected chi connectivity index (χ1v) is 3.16. The fraction of sp³-hybridized carbons (Fsp3) is 0.750. The van der Waals surface area contributed by atoms with Crippen molar-refractivity contribution in [2.45, 2.75) is 6.42 Å². The lowest BCUT2D eigenvalue weighted by Gasteiger charge is -1.99. The summed E-state index contributed by atoms with van der Waals surface area (Å²) in [5, 5.41) is 0. The van der Waals surface area contributed by atoms with E-state index >= 15 is 0 Å². The summed E-state index contributed by atoms with van der Waals surface area (Å²) >= 11 is 1.55. The highest BCUT2D eigenvalue weighted by Gasteiger charge is 2.09. The number of carbonyl (C=O) groups excluding carboxylic acids is 1. The zero-order valence-corrected chi connectivity index (χ0v) is 4.70. The third-order valence-corrected chi connectivity index (χ3v) is 1.89. The molecular weight excluding hydrogens is 110 g/mol. The zero-order valence-electron chi connectivity index (χ0n) is 3.89. The molecule has 0 aliphatic carbocycles. The SMILES string of the molecule is O=[C]N1CCCS1. The van der Waals surface area contributed by atoms with Crippen LogP contribution in [-0.2, 0) is 4.79 Å². The van der Waals surface area contributed by atoms with E-state index in [2.05, 4.69) is 0 Å². The quantitative estimate of drug-likeness (QED) is 0.462. The Labute approximate surface area is 47.0 Å². The van der Waals surface area contributed by atoms with Gasteiger partial charge in [-0.25, -0.2) is 0 Å². The number of rotatable bonds is 1. The Bertz CT molecular complexity index is 70.1. The Balaban J connectivity index is 2.26. The molecule has 1 saturated heterocycles. The topological polar surface area (TPSA) is 20.3 Å². The molecular formula is C4H6NOS. The van der Waals surface area contributed by atoms with Crippen LogP contribution in [0.3, 0.4) is 0 Å². The molecule has 0 unspecified atom stereocenters. The van der Waals surface area contributed by atoms with Gasteiger partial charge < -0.3 is 0 Å². The largest absolute Gasteiger partial charge is 0.322 e. The number of hydrogen-bond acceptors (Lipinski definition) is 2. The van der Waals surface area contributed by atoms with Gasteiger partial charge in [0.05, 0.1) is 0 Å². The third-order valence-electron chi connectivity index (χ3n) is 0.854. The minimum atomic E-state index is 0.883. The van der Waals surface area contributed by atoms with Crippen molar-refractivity contribution in [2.75, 3.05) is 12.3 Å². The first kappa shape index (κ1) is 4.97. The average Bonchev–Trinajstić information content (AvgIpc) is 2.14. The second kappa shape index (κ2) is 2.21. The van der Waals surface area contributed by atoms with Gasteiger partial charge in [-0.15, -0.1) is 0 Å². The van der Waals surface area contributed by atoms with E-state index < -0.39 is 0 Å². The molecule has 0 aromatic rings.